The molecule has 2 N–H and O–H groups in total. The van der Waals surface area contributed by atoms with E-state index in [0.29, 0.717) is 6.54 Å². The lowest BCUT2D eigenvalue weighted by molar-refractivity contribution is 0.297. The normalized spacial score (nSPS) is 18.6. The van der Waals surface area contributed by atoms with Gasteiger partial charge in [0.2, 0.25) is 0 Å². The summed E-state index contributed by atoms with van der Waals surface area (Å²) in [5.74, 6) is 2.50. The van der Waals surface area contributed by atoms with E-state index in [0.717, 1.165) is 37.1 Å². The van der Waals surface area contributed by atoms with Crippen molar-refractivity contribution in [2.24, 2.45) is 5.73 Å². The molecule has 4 rings (SSSR count). The van der Waals surface area contributed by atoms with Crippen molar-refractivity contribution >= 4 is 21.4 Å². The van der Waals surface area contributed by atoms with Crippen LogP contribution in [-0.2, 0) is 6.54 Å². The fraction of sp³-hybridized carbons (Fsp3) is 0.467. The lowest BCUT2D eigenvalue weighted by Gasteiger charge is -2.07. The molecule has 0 saturated heterocycles. The quantitative estimate of drug-likeness (QED) is 0.913. The molecule has 0 spiro atoms. The minimum atomic E-state index is 0.636. The molecule has 1 aliphatic heterocycles. The van der Waals surface area contributed by atoms with Crippen LogP contribution >= 0.6 is 11.3 Å². The van der Waals surface area contributed by atoms with E-state index in [1.165, 1.54) is 33.4 Å². The van der Waals surface area contributed by atoms with Gasteiger partial charge in [0.05, 0.1) is 13.2 Å². The topological polar surface area (TPSA) is 44.5 Å². The zero-order chi connectivity index (χ0) is 12.8. The smallest absolute Gasteiger partial charge is 0.162 e. The molecule has 19 heavy (non-hydrogen) atoms. The Morgan fingerprint density at radius 2 is 1.89 bits per heavy atom. The highest BCUT2D eigenvalue weighted by Crippen LogP contribution is 2.50. The van der Waals surface area contributed by atoms with Gasteiger partial charge in [0.1, 0.15) is 0 Å². The van der Waals surface area contributed by atoms with Crippen molar-refractivity contribution in [3.8, 4) is 11.5 Å². The molecular weight excluding hydrogens is 258 g/mol. The van der Waals surface area contributed by atoms with Crippen molar-refractivity contribution in [1.29, 1.82) is 0 Å². The van der Waals surface area contributed by atoms with Gasteiger partial charge < -0.3 is 15.2 Å². The molecule has 1 aromatic heterocycles. The van der Waals surface area contributed by atoms with Crippen molar-refractivity contribution < 1.29 is 9.47 Å². The first-order valence-electron chi connectivity index (χ1n) is 6.92. The van der Waals surface area contributed by atoms with Crippen molar-refractivity contribution in [3.05, 3.63) is 22.6 Å². The lowest BCUT2D eigenvalue weighted by atomic mass is 10.1. The Morgan fingerprint density at radius 3 is 2.58 bits per heavy atom. The van der Waals surface area contributed by atoms with Crippen LogP contribution in [0.3, 0.4) is 0 Å². The minimum absolute atomic E-state index is 0.636. The number of hydrogen-bond acceptors (Lipinski definition) is 4. The third kappa shape index (κ3) is 1.90. The van der Waals surface area contributed by atoms with Crippen LogP contribution < -0.4 is 15.2 Å². The second-order valence-electron chi connectivity index (χ2n) is 5.26. The summed E-state index contributed by atoms with van der Waals surface area (Å²) in [5, 5.41) is 1.33. The minimum Gasteiger partial charge on any atom is -0.490 e. The summed E-state index contributed by atoms with van der Waals surface area (Å²) in [6, 6.07) is 4.30. The molecule has 0 amide bonds. The largest absolute Gasteiger partial charge is 0.490 e. The molecule has 0 atom stereocenters. The third-order valence-electron chi connectivity index (χ3n) is 3.84. The molecule has 0 bridgehead atoms. The van der Waals surface area contributed by atoms with Crippen LogP contribution in [0, 0.1) is 0 Å². The SMILES string of the molecule is NCc1sc2cc3c(cc2c1C1CC1)OCCCO3. The van der Waals surface area contributed by atoms with E-state index in [9.17, 15) is 0 Å². The number of fused-ring (bicyclic) bond motifs is 2. The molecule has 2 aliphatic rings. The summed E-state index contributed by atoms with van der Waals surface area (Å²) in [4.78, 5) is 1.33. The predicted molar refractivity (Wildman–Crippen MR) is 77.3 cm³/mol. The number of hydrogen-bond donors (Lipinski definition) is 1. The van der Waals surface area contributed by atoms with Gasteiger partial charge in [-0.15, -0.1) is 11.3 Å². The number of thiophene rings is 1. The van der Waals surface area contributed by atoms with Gasteiger partial charge in [-0.2, -0.15) is 0 Å². The van der Waals surface area contributed by atoms with E-state index in [4.69, 9.17) is 15.2 Å². The Kier molecular flexibility index (Phi) is 2.67. The van der Waals surface area contributed by atoms with E-state index < -0.39 is 0 Å². The predicted octanol–water partition coefficient (Wildman–Crippen LogP) is 3.40. The average molecular weight is 275 g/mol. The Bertz CT molecular complexity index is 631. The van der Waals surface area contributed by atoms with Gasteiger partial charge in [0.15, 0.2) is 11.5 Å². The highest BCUT2D eigenvalue weighted by Gasteiger charge is 2.30. The maximum atomic E-state index is 5.91. The number of ether oxygens (including phenoxy) is 2. The van der Waals surface area contributed by atoms with E-state index >= 15 is 0 Å². The Morgan fingerprint density at radius 1 is 1.16 bits per heavy atom. The van der Waals surface area contributed by atoms with Gasteiger partial charge in [-0.25, -0.2) is 0 Å². The van der Waals surface area contributed by atoms with Crippen LogP contribution in [0.4, 0.5) is 0 Å². The molecule has 1 fully saturated rings. The van der Waals surface area contributed by atoms with Gasteiger partial charge >= 0.3 is 0 Å². The molecule has 0 unspecified atom stereocenters. The van der Waals surface area contributed by atoms with Gasteiger partial charge in [0.25, 0.3) is 0 Å². The van der Waals surface area contributed by atoms with E-state index in [2.05, 4.69) is 12.1 Å². The Labute approximate surface area is 116 Å². The van der Waals surface area contributed by atoms with E-state index in [1.807, 2.05) is 11.3 Å². The second kappa shape index (κ2) is 4.39. The molecule has 100 valence electrons. The summed E-state index contributed by atoms with van der Waals surface area (Å²) in [6.45, 7) is 2.12. The molecule has 2 heterocycles. The van der Waals surface area contributed by atoms with Crippen LogP contribution in [0.15, 0.2) is 12.1 Å². The summed E-state index contributed by atoms with van der Waals surface area (Å²) in [6.07, 6.45) is 3.55. The highest BCUT2D eigenvalue weighted by molar-refractivity contribution is 7.19. The van der Waals surface area contributed by atoms with Crippen LogP contribution in [0.25, 0.3) is 10.1 Å². The first-order valence-corrected chi connectivity index (χ1v) is 7.73. The fourth-order valence-corrected chi connectivity index (χ4v) is 3.97. The molecule has 3 nitrogen and oxygen atoms in total. The summed E-state index contributed by atoms with van der Waals surface area (Å²) in [7, 11) is 0. The van der Waals surface area contributed by atoms with E-state index in [1.54, 1.807) is 0 Å². The number of nitrogens with two attached hydrogens (primary N) is 1. The van der Waals surface area contributed by atoms with Crippen LogP contribution in [-0.4, -0.2) is 13.2 Å². The average Bonchev–Trinajstić information content (AvgIpc) is 3.21. The molecule has 2 aromatic rings. The van der Waals surface area contributed by atoms with Crippen molar-refractivity contribution in [2.45, 2.75) is 31.7 Å². The van der Waals surface area contributed by atoms with Crippen LogP contribution in [0.1, 0.15) is 35.6 Å². The van der Waals surface area contributed by atoms with Crippen molar-refractivity contribution in [2.75, 3.05) is 13.2 Å². The number of rotatable bonds is 2. The zero-order valence-corrected chi connectivity index (χ0v) is 11.6. The van der Waals surface area contributed by atoms with Crippen molar-refractivity contribution in [3.63, 3.8) is 0 Å². The Balaban J connectivity index is 1.92. The molecule has 1 saturated carbocycles. The van der Waals surface area contributed by atoms with Crippen LogP contribution in [0.2, 0.25) is 0 Å². The second-order valence-corrected chi connectivity index (χ2v) is 6.40. The van der Waals surface area contributed by atoms with Crippen LogP contribution in [0.5, 0.6) is 11.5 Å². The first kappa shape index (κ1) is 11.6. The summed E-state index contributed by atoms with van der Waals surface area (Å²) in [5.41, 5.74) is 7.38. The monoisotopic (exact) mass is 275 g/mol. The first-order chi connectivity index (χ1) is 9.36. The maximum Gasteiger partial charge on any atom is 0.162 e. The highest BCUT2D eigenvalue weighted by atomic mass is 32.1. The van der Waals surface area contributed by atoms with E-state index in [-0.39, 0.29) is 0 Å². The molecule has 0 radical (unpaired) electrons. The molecule has 1 aliphatic carbocycles. The Hall–Kier alpha value is -1.26. The van der Waals surface area contributed by atoms with Gasteiger partial charge in [-0.1, -0.05) is 0 Å². The summed E-state index contributed by atoms with van der Waals surface area (Å²) >= 11 is 1.81. The molecule has 1 aromatic carbocycles. The third-order valence-corrected chi connectivity index (χ3v) is 5.04. The van der Waals surface area contributed by atoms with Gasteiger partial charge in [-0.3, -0.25) is 0 Å². The standard InChI is InChI=1S/C15H17NO2S/c16-8-14-15(9-2-3-9)10-6-11-12(7-13(10)19-14)18-5-1-4-17-11/h6-7,9H,1-5,8,16H2. The molecular formula is C15H17NO2S. The fourth-order valence-electron chi connectivity index (χ4n) is 2.79. The van der Waals surface area contributed by atoms with Gasteiger partial charge in [-0.05, 0) is 30.4 Å². The summed E-state index contributed by atoms with van der Waals surface area (Å²) < 4.78 is 12.9. The van der Waals surface area contributed by atoms with Crippen molar-refractivity contribution in [1.82, 2.24) is 0 Å². The number of benzene rings is 1. The van der Waals surface area contributed by atoms with Gasteiger partial charge in [0, 0.05) is 34.0 Å². The maximum absolute atomic E-state index is 5.91. The zero-order valence-electron chi connectivity index (χ0n) is 10.8. The molecule has 4 heteroatoms. The lowest BCUT2D eigenvalue weighted by Crippen LogP contribution is -1.97.